The molecular weight excluding hydrogens is 370 g/mol. The first-order valence-electron chi connectivity index (χ1n) is 9.94. The second-order valence-corrected chi connectivity index (χ2v) is 12.1. The molecule has 0 saturated heterocycles. The molecule has 3 heteroatoms. The molecule has 2 heterocycles. The first-order valence-corrected chi connectivity index (χ1v) is 11.1. The molecule has 1 aromatic carbocycles. The van der Waals surface area contributed by atoms with Crippen LogP contribution in [0.5, 0.6) is 0 Å². The number of thiophene rings is 1. The Labute approximate surface area is 172 Å². The zero-order valence-corrected chi connectivity index (χ0v) is 19.2. The number of halogens is 1. The summed E-state index contributed by atoms with van der Waals surface area (Å²) in [6.45, 7) is 16.7. The second-order valence-electron chi connectivity index (χ2n) is 10.7. The molecule has 1 aliphatic carbocycles. The van der Waals surface area contributed by atoms with E-state index in [4.69, 9.17) is 11.6 Å². The minimum atomic E-state index is 0.178. The van der Waals surface area contributed by atoms with Crippen molar-refractivity contribution < 1.29 is 0 Å². The van der Waals surface area contributed by atoms with Crippen LogP contribution in [0.1, 0.15) is 78.0 Å². The van der Waals surface area contributed by atoms with Crippen molar-refractivity contribution in [2.24, 2.45) is 5.41 Å². The Balaban J connectivity index is 2.20. The van der Waals surface area contributed by atoms with Gasteiger partial charge in [0.25, 0.3) is 0 Å². The molecule has 144 valence electrons. The van der Waals surface area contributed by atoms with E-state index in [1.54, 1.807) is 11.1 Å². The Hall–Kier alpha value is -1.12. The quantitative estimate of drug-likeness (QED) is 0.377. The lowest BCUT2D eigenvalue weighted by Crippen LogP contribution is -2.35. The van der Waals surface area contributed by atoms with Crippen LogP contribution in [0.4, 0.5) is 0 Å². The standard InChI is InChI=1S/C24H30ClNS/c1-22(2,3)13-14-12-16-15-8-11-26-21(25)20(15)27-19(16)18-17(14)23(4,5)9-10-24(18,6)7/h8,11-12H,9-10,13H2,1-7H3. The fourth-order valence-corrected chi connectivity index (χ4v) is 6.53. The van der Waals surface area contributed by atoms with Gasteiger partial charge in [-0.05, 0) is 64.3 Å². The van der Waals surface area contributed by atoms with Crippen LogP contribution in [0.2, 0.25) is 5.15 Å². The van der Waals surface area contributed by atoms with Crippen LogP contribution in [0.15, 0.2) is 18.3 Å². The van der Waals surface area contributed by atoms with Crippen molar-refractivity contribution in [3.63, 3.8) is 0 Å². The number of benzene rings is 1. The molecule has 0 spiro atoms. The lowest BCUT2D eigenvalue weighted by Gasteiger charge is -2.44. The highest BCUT2D eigenvalue weighted by molar-refractivity contribution is 7.26. The number of rotatable bonds is 1. The van der Waals surface area contributed by atoms with Crippen LogP contribution >= 0.6 is 22.9 Å². The van der Waals surface area contributed by atoms with Crippen molar-refractivity contribution in [1.82, 2.24) is 4.98 Å². The van der Waals surface area contributed by atoms with Gasteiger partial charge in [0.05, 0.1) is 4.70 Å². The highest BCUT2D eigenvalue weighted by Crippen LogP contribution is 2.53. The fourth-order valence-electron chi connectivity index (χ4n) is 4.87. The number of fused-ring (bicyclic) bond motifs is 5. The van der Waals surface area contributed by atoms with Crippen LogP contribution in [0.25, 0.3) is 20.2 Å². The van der Waals surface area contributed by atoms with Crippen LogP contribution < -0.4 is 0 Å². The highest BCUT2D eigenvalue weighted by atomic mass is 35.5. The molecule has 0 radical (unpaired) electrons. The third-order valence-electron chi connectivity index (χ3n) is 6.17. The first-order chi connectivity index (χ1) is 12.4. The van der Waals surface area contributed by atoms with Gasteiger partial charge in [0.15, 0.2) is 0 Å². The van der Waals surface area contributed by atoms with Gasteiger partial charge in [-0.3, -0.25) is 0 Å². The molecule has 27 heavy (non-hydrogen) atoms. The van der Waals surface area contributed by atoms with E-state index < -0.39 is 0 Å². The summed E-state index contributed by atoms with van der Waals surface area (Å²) in [6, 6.07) is 4.60. The maximum Gasteiger partial charge on any atom is 0.146 e. The van der Waals surface area contributed by atoms with E-state index in [2.05, 4.69) is 65.6 Å². The molecule has 0 fully saturated rings. The summed E-state index contributed by atoms with van der Waals surface area (Å²) in [5.74, 6) is 0. The van der Waals surface area contributed by atoms with Crippen molar-refractivity contribution >= 4 is 43.1 Å². The number of aromatic nitrogens is 1. The molecule has 0 bridgehead atoms. The number of pyridine rings is 1. The van der Waals surface area contributed by atoms with Crippen LogP contribution in [0.3, 0.4) is 0 Å². The monoisotopic (exact) mass is 399 g/mol. The molecule has 4 rings (SSSR count). The second kappa shape index (κ2) is 5.94. The molecule has 2 aromatic heterocycles. The largest absolute Gasteiger partial charge is 0.243 e. The van der Waals surface area contributed by atoms with Gasteiger partial charge in [-0.25, -0.2) is 4.98 Å². The summed E-state index contributed by atoms with van der Waals surface area (Å²) in [7, 11) is 0. The van der Waals surface area contributed by atoms with Gasteiger partial charge < -0.3 is 0 Å². The van der Waals surface area contributed by atoms with Crippen LogP contribution in [-0.2, 0) is 17.3 Å². The lowest BCUT2D eigenvalue weighted by molar-refractivity contribution is 0.327. The average molecular weight is 400 g/mol. The van der Waals surface area contributed by atoms with Crippen LogP contribution in [-0.4, -0.2) is 4.98 Å². The van der Waals surface area contributed by atoms with Gasteiger partial charge in [0.2, 0.25) is 0 Å². The minimum Gasteiger partial charge on any atom is -0.243 e. The Bertz CT molecular complexity index is 1050. The molecule has 0 atom stereocenters. The summed E-state index contributed by atoms with van der Waals surface area (Å²) in [4.78, 5) is 4.34. The zero-order valence-electron chi connectivity index (χ0n) is 17.6. The van der Waals surface area contributed by atoms with Gasteiger partial charge >= 0.3 is 0 Å². The van der Waals surface area contributed by atoms with Crippen molar-refractivity contribution in [3.8, 4) is 0 Å². The van der Waals surface area contributed by atoms with Crippen molar-refractivity contribution in [1.29, 1.82) is 0 Å². The van der Waals surface area contributed by atoms with E-state index in [9.17, 15) is 0 Å². The van der Waals surface area contributed by atoms with Gasteiger partial charge in [-0.2, -0.15) is 0 Å². The predicted octanol–water partition coefficient (Wildman–Crippen LogP) is 8.04. The molecule has 0 unspecified atom stereocenters. The third kappa shape index (κ3) is 3.09. The summed E-state index contributed by atoms with van der Waals surface area (Å²) in [6.07, 6.45) is 5.40. The summed E-state index contributed by atoms with van der Waals surface area (Å²) in [5.41, 5.74) is 5.32. The summed E-state index contributed by atoms with van der Waals surface area (Å²) < 4.78 is 2.55. The average Bonchev–Trinajstić information content (AvgIpc) is 2.89. The van der Waals surface area contributed by atoms with Gasteiger partial charge in [0, 0.05) is 21.7 Å². The zero-order chi connectivity index (χ0) is 19.8. The molecule has 0 aliphatic heterocycles. The van der Waals surface area contributed by atoms with E-state index in [0.717, 1.165) is 11.1 Å². The molecule has 1 nitrogen and oxygen atoms in total. The molecule has 0 N–H and O–H groups in total. The maximum atomic E-state index is 6.48. The maximum absolute atomic E-state index is 6.48. The Kier molecular flexibility index (Phi) is 4.22. The Morgan fingerprint density at radius 2 is 1.63 bits per heavy atom. The molecule has 1 aliphatic rings. The number of hydrogen-bond acceptors (Lipinski definition) is 2. The number of nitrogens with zero attached hydrogens (tertiary/aromatic N) is 1. The van der Waals surface area contributed by atoms with E-state index >= 15 is 0 Å². The number of hydrogen-bond donors (Lipinski definition) is 0. The van der Waals surface area contributed by atoms with E-state index in [1.165, 1.54) is 33.9 Å². The summed E-state index contributed by atoms with van der Waals surface area (Å²) in [5, 5.41) is 3.25. The Morgan fingerprint density at radius 1 is 1.00 bits per heavy atom. The van der Waals surface area contributed by atoms with Gasteiger partial charge in [0.1, 0.15) is 5.15 Å². The lowest BCUT2D eigenvalue weighted by atomic mass is 9.61. The molecule has 0 amide bonds. The summed E-state index contributed by atoms with van der Waals surface area (Å²) >= 11 is 8.32. The predicted molar refractivity (Wildman–Crippen MR) is 121 cm³/mol. The normalized spacial score (nSPS) is 18.8. The SMILES string of the molecule is CC(C)(C)Cc1cc2c(sc3c(Cl)nccc32)c2c1C(C)(C)CCC2(C)C. The first kappa shape index (κ1) is 19.2. The van der Waals surface area contributed by atoms with Crippen molar-refractivity contribution in [2.75, 3.05) is 0 Å². The molecule has 3 aromatic rings. The molecule has 0 saturated carbocycles. The van der Waals surface area contributed by atoms with Crippen molar-refractivity contribution in [2.45, 2.75) is 78.6 Å². The fraction of sp³-hybridized carbons (Fsp3) is 0.542. The minimum absolute atomic E-state index is 0.178. The smallest absolute Gasteiger partial charge is 0.146 e. The van der Waals surface area contributed by atoms with E-state index in [-0.39, 0.29) is 16.2 Å². The van der Waals surface area contributed by atoms with E-state index in [0.29, 0.717) is 5.15 Å². The highest BCUT2D eigenvalue weighted by Gasteiger charge is 2.41. The van der Waals surface area contributed by atoms with Crippen molar-refractivity contribution in [3.05, 3.63) is 40.2 Å². The topological polar surface area (TPSA) is 12.9 Å². The van der Waals surface area contributed by atoms with Crippen LogP contribution in [0, 0.1) is 5.41 Å². The Morgan fingerprint density at radius 3 is 2.26 bits per heavy atom. The van der Waals surface area contributed by atoms with Gasteiger partial charge in [-0.15, -0.1) is 11.3 Å². The molecular formula is C24H30ClNS. The third-order valence-corrected chi connectivity index (χ3v) is 7.81. The van der Waals surface area contributed by atoms with Gasteiger partial charge in [-0.1, -0.05) is 60.1 Å². The van der Waals surface area contributed by atoms with E-state index in [1.807, 2.05) is 17.5 Å².